The zero-order valence-electron chi connectivity index (χ0n) is 9.13. The van der Waals surface area contributed by atoms with Crippen molar-refractivity contribution in [2.24, 2.45) is 11.7 Å². The van der Waals surface area contributed by atoms with Gasteiger partial charge in [-0.05, 0) is 20.8 Å². The monoisotopic (exact) mass is 219 g/mol. The summed E-state index contributed by atoms with van der Waals surface area (Å²) in [5.41, 5.74) is 5.10. The summed E-state index contributed by atoms with van der Waals surface area (Å²) in [7, 11) is 0. The Bertz CT molecular complexity index is 236. The molecule has 4 heteroatoms. The van der Waals surface area contributed by atoms with Crippen molar-refractivity contribution in [3.05, 3.63) is 12.2 Å². The molecule has 0 aliphatic rings. The minimum atomic E-state index is -1.06. The third kappa shape index (κ3) is 3.68. The van der Waals surface area contributed by atoms with Crippen LogP contribution < -0.4 is 5.73 Å². The van der Waals surface area contributed by atoms with Gasteiger partial charge in [-0.25, -0.2) is 4.79 Å². The molecule has 0 aromatic heterocycles. The van der Waals surface area contributed by atoms with Gasteiger partial charge in [-0.2, -0.15) is 0 Å². The maximum Gasteiger partial charge on any atom is 0.334 e. The van der Waals surface area contributed by atoms with Crippen molar-refractivity contribution in [2.45, 2.75) is 38.8 Å². The van der Waals surface area contributed by atoms with Gasteiger partial charge in [-0.1, -0.05) is 13.5 Å². The Morgan fingerprint density at radius 1 is 1.57 bits per heavy atom. The summed E-state index contributed by atoms with van der Waals surface area (Å²) < 4.78 is 5.08. The average Bonchev–Trinajstić information content (AvgIpc) is 2.01. The van der Waals surface area contributed by atoms with Crippen LogP contribution in [0.2, 0.25) is 0 Å². The Kier molecular flexibility index (Phi) is 4.62. The van der Waals surface area contributed by atoms with Gasteiger partial charge in [-0.3, -0.25) is 5.73 Å². The molecule has 0 rings (SSSR count). The van der Waals surface area contributed by atoms with Gasteiger partial charge in [0.25, 0.3) is 0 Å². The minimum absolute atomic E-state index is 0.132. The van der Waals surface area contributed by atoms with E-state index in [9.17, 15) is 4.79 Å². The van der Waals surface area contributed by atoms with Gasteiger partial charge >= 0.3 is 5.97 Å². The Labute approximate surface area is 90.3 Å². The third-order valence-corrected chi connectivity index (χ3v) is 2.63. The second-order valence-electron chi connectivity index (χ2n) is 3.82. The van der Waals surface area contributed by atoms with Crippen molar-refractivity contribution in [3.8, 4) is 0 Å². The first-order valence-corrected chi connectivity index (χ1v) is 4.94. The van der Waals surface area contributed by atoms with Crippen LogP contribution in [0.4, 0.5) is 0 Å². The van der Waals surface area contributed by atoms with Crippen LogP contribution in [-0.2, 0) is 9.53 Å². The SMILES string of the molecule is C=C(C)C(=O)OC(C)(N)C(C)C(C)Cl. The van der Waals surface area contributed by atoms with Gasteiger partial charge in [0, 0.05) is 16.9 Å². The molecule has 82 valence electrons. The Balaban J connectivity index is 4.48. The first-order valence-electron chi connectivity index (χ1n) is 4.50. The summed E-state index contributed by atoms with van der Waals surface area (Å²) in [4.78, 5) is 11.2. The van der Waals surface area contributed by atoms with E-state index in [2.05, 4.69) is 6.58 Å². The molecule has 0 saturated carbocycles. The van der Waals surface area contributed by atoms with Gasteiger partial charge in [0.2, 0.25) is 0 Å². The van der Waals surface area contributed by atoms with Crippen molar-refractivity contribution in [1.29, 1.82) is 0 Å². The van der Waals surface area contributed by atoms with E-state index in [-0.39, 0.29) is 11.3 Å². The molecule has 3 atom stereocenters. The lowest BCUT2D eigenvalue weighted by atomic mass is 9.97. The second kappa shape index (κ2) is 4.80. The van der Waals surface area contributed by atoms with Crippen molar-refractivity contribution < 1.29 is 9.53 Å². The molecule has 3 nitrogen and oxygen atoms in total. The standard InChI is InChI=1S/C10H18ClNO2/c1-6(2)9(13)14-10(5,12)7(3)8(4)11/h7-8H,1,12H2,2-5H3. The summed E-state index contributed by atoms with van der Waals surface area (Å²) in [5.74, 6) is -0.619. The molecule has 2 N–H and O–H groups in total. The molecule has 0 aromatic carbocycles. The topological polar surface area (TPSA) is 52.3 Å². The van der Waals surface area contributed by atoms with Gasteiger partial charge in [-0.15, -0.1) is 11.6 Å². The Morgan fingerprint density at radius 2 is 2.00 bits per heavy atom. The summed E-state index contributed by atoms with van der Waals surface area (Å²) in [6.07, 6.45) is 0. The summed E-state index contributed by atoms with van der Waals surface area (Å²) >= 11 is 5.88. The van der Waals surface area contributed by atoms with E-state index >= 15 is 0 Å². The molecular formula is C10H18ClNO2. The van der Waals surface area contributed by atoms with Crippen LogP contribution in [0, 0.1) is 5.92 Å². The zero-order valence-corrected chi connectivity index (χ0v) is 9.89. The van der Waals surface area contributed by atoms with Gasteiger partial charge in [0.05, 0.1) is 0 Å². The number of esters is 1. The van der Waals surface area contributed by atoms with Gasteiger partial charge < -0.3 is 4.74 Å². The Morgan fingerprint density at radius 3 is 2.29 bits per heavy atom. The molecule has 14 heavy (non-hydrogen) atoms. The van der Waals surface area contributed by atoms with Crippen LogP contribution in [0.15, 0.2) is 12.2 Å². The number of ether oxygens (including phenoxy) is 1. The molecule has 0 spiro atoms. The third-order valence-electron chi connectivity index (χ3n) is 2.25. The molecule has 0 amide bonds. The maximum absolute atomic E-state index is 11.2. The molecule has 0 fully saturated rings. The smallest absolute Gasteiger partial charge is 0.334 e. The molecule has 0 aromatic rings. The van der Waals surface area contributed by atoms with E-state index < -0.39 is 11.7 Å². The highest BCUT2D eigenvalue weighted by atomic mass is 35.5. The average molecular weight is 220 g/mol. The van der Waals surface area contributed by atoms with Crippen molar-refractivity contribution in [3.63, 3.8) is 0 Å². The van der Waals surface area contributed by atoms with E-state index in [4.69, 9.17) is 22.1 Å². The van der Waals surface area contributed by atoms with Gasteiger partial charge in [0.15, 0.2) is 5.72 Å². The highest BCUT2D eigenvalue weighted by Crippen LogP contribution is 2.23. The van der Waals surface area contributed by atoms with E-state index in [1.165, 1.54) is 0 Å². The second-order valence-corrected chi connectivity index (χ2v) is 4.51. The largest absolute Gasteiger partial charge is 0.441 e. The number of halogens is 1. The number of carbonyl (C=O) groups is 1. The minimum Gasteiger partial charge on any atom is -0.441 e. The lowest BCUT2D eigenvalue weighted by molar-refractivity contribution is -0.157. The number of nitrogens with two attached hydrogens (primary N) is 1. The van der Waals surface area contributed by atoms with E-state index in [1.54, 1.807) is 13.8 Å². The fourth-order valence-electron chi connectivity index (χ4n) is 0.836. The highest BCUT2D eigenvalue weighted by molar-refractivity contribution is 6.20. The predicted octanol–water partition coefficient (Wildman–Crippen LogP) is 2.04. The van der Waals surface area contributed by atoms with Crippen LogP contribution in [0.3, 0.4) is 0 Å². The van der Waals surface area contributed by atoms with E-state index in [0.29, 0.717) is 5.57 Å². The summed E-state index contributed by atoms with van der Waals surface area (Å²) in [5, 5.41) is -0.164. The lowest BCUT2D eigenvalue weighted by Crippen LogP contribution is -2.49. The van der Waals surface area contributed by atoms with Crippen LogP contribution in [-0.4, -0.2) is 17.1 Å². The zero-order chi connectivity index (χ0) is 11.5. The normalized spacial score (nSPS) is 19.3. The van der Waals surface area contributed by atoms with E-state index in [1.807, 2.05) is 13.8 Å². The van der Waals surface area contributed by atoms with Crippen molar-refractivity contribution in [2.75, 3.05) is 0 Å². The van der Waals surface area contributed by atoms with Crippen LogP contribution in [0.1, 0.15) is 27.7 Å². The van der Waals surface area contributed by atoms with E-state index in [0.717, 1.165) is 0 Å². The van der Waals surface area contributed by atoms with Crippen LogP contribution in [0.5, 0.6) is 0 Å². The van der Waals surface area contributed by atoms with Crippen LogP contribution in [0.25, 0.3) is 0 Å². The molecule has 0 radical (unpaired) electrons. The van der Waals surface area contributed by atoms with Crippen molar-refractivity contribution >= 4 is 17.6 Å². The Hall–Kier alpha value is -0.540. The van der Waals surface area contributed by atoms with Crippen LogP contribution >= 0.6 is 11.6 Å². The fraction of sp³-hybridized carbons (Fsp3) is 0.700. The van der Waals surface area contributed by atoms with Crippen molar-refractivity contribution in [1.82, 2.24) is 0 Å². The number of hydrogen-bond acceptors (Lipinski definition) is 3. The quantitative estimate of drug-likeness (QED) is 0.341. The number of hydrogen-bond donors (Lipinski definition) is 1. The first kappa shape index (κ1) is 13.5. The molecule has 3 unspecified atom stereocenters. The summed E-state index contributed by atoms with van der Waals surface area (Å²) in [6, 6.07) is 0. The molecular weight excluding hydrogens is 202 g/mol. The molecule has 0 bridgehead atoms. The first-order chi connectivity index (χ1) is 6.18. The lowest BCUT2D eigenvalue weighted by Gasteiger charge is -2.32. The molecule has 0 aliphatic carbocycles. The maximum atomic E-state index is 11.2. The summed E-state index contributed by atoms with van der Waals surface area (Å²) in [6.45, 7) is 10.3. The number of carbonyl (C=O) groups excluding carboxylic acids is 1. The molecule has 0 aliphatic heterocycles. The highest BCUT2D eigenvalue weighted by Gasteiger charge is 2.33. The molecule has 0 heterocycles. The number of rotatable bonds is 4. The molecule has 0 saturated heterocycles. The van der Waals surface area contributed by atoms with Gasteiger partial charge in [0.1, 0.15) is 0 Å². The fourth-order valence-corrected chi connectivity index (χ4v) is 1.09. The predicted molar refractivity (Wildman–Crippen MR) is 58.0 cm³/mol. The number of alkyl halides is 1.